The molecular weight excluding hydrogens is 430 g/mol. The lowest BCUT2D eigenvalue weighted by molar-refractivity contribution is 0.0118. The zero-order chi connectivity index (χ0) is 25.2. The number of rotatable bonds is 9. The predicted molar refractivity (Wildman–Crippen MR) is 137 cm³/mol. The van der Waals surface area contributed by atoms with E-state index in [-0.39, 0.29) is 12.2 Å². The van der Waals surface area contributed by atoms with Crippen LogP contribution in [0.1, 0.15) is 112 Å². The standard InChI is InChI=1S/C27H51N3O4/c1-26(2,3)33-24(31)29-19-17-21-13-15-22(16-14-21)28-18-10-20-30(23-11-8-7-9-12-23)25(32)34-27(4,5)6/h21-23,28H,7-20H2,1-6H3,(H,29,31). The number of alkyl carbamates (subject to hydrolysis) is 1. The summed E-state index contributed by atoms with van der Waals surface area (Å²) in [7, 11) is 0. The van der Waals surface area contributed by atoms with Crippen molar-refractivity contribution in [3.63, 3.8) is 0 Å². The number of nitrogens with one attached hydrogen (secondary N) is 2. The third kappa shape index (κ3) is 11.8. The van der Waals surface area contributed by atoms with Crippen LogP contribution in [0.2, 0.25) is 0 Å². The predicted octanol–water partition coefficient (Wildman–Crippen LogP) is 6.01. The van der Waals surface area contributed by atoms with Gasteiger partial charge in [0.05, 0.1) is 0 Å². The van der Waals surface area contributed by atoms with E-state index in [1.165, 1.54) is 44.9 Å². The molecule has 34 heavy (non-hydrogen) atoms. The van der Waals surface area contributed by atoms with Crippen molar-refractivity contribution in [2.24, 2.45) is 5.92 Å². The molecule has 2 fully saturated rings. The maximum atomic E-state index is 12.8. The third-order valence-corrected chi connectivity index (χ3v) is 6.72. The van der Waals surface area contributed by atoms with Crippen LogP contribution in [0.3, 0.4) is 0 Å². The molecule has 0 heterocycles. The van der Waals surface area contributed by atoms with Gasteiger partial charge in [0.25, 0.3) is 0 Å². The number of nitrogens with zero attached hydrogens (tertiary/aromatic N) is 1. The van der Waals surface area contributed by atoms with Gasteiger partial charge in [0.15, 0.2) is 0 Å². The minimum atomic E-state index is -0.455. The molecule has 2 aliphatic carbocycles. The molecule has 0 radical (unpaired) electrons. The van der Waals surface area contributed by atoms with Crippen LogP contribution in [-0.2, 0) is 9.47 Å². The Labute approximate surface area is 208 Å². The lowest BCUT2D eigenvalue weighted by Gasteiger charge is -2.36. The summed E-state index contributed by atoms with van der Waals surface area (Å²) in [6.45, 7) is 13.8. The Bertz CT molecular complexity index is 612. The summed E-state index contributed by atoms with van der Waals surface area (Å²) in [6, 6.07) is 0.882. The molecule has 2 saturated carbocycles. The van der Waals surface area contributed by atoms with Gasteiger partial charge < -0.3 is 25.0 Å². The first kappa shape index (κ1) is 28.7. The molecule has 2 amide bonds. The summed E-state index contributed by atoms with van der Waals surface area (Å²) >= 11 is 0. The minimum Gasteiger partial charge on any atom is -0.444 e. The number of ether oxygens (including phenoxy) is 2. The summed E-state index contributed by atoms with van der Waals surface area (Å²) in [6.07, 6.45) is 12.1. The van der Waals surface area contributed by atoms with Crippen LogP contribution in [0.5, 0.6) is 0 Å². The maximum absolute atomic E-state index is 12.8. The fourth-order valence-electron chi connectivity index (χ4n) is 5.04. The van der Waals surface area contributed by atoms with Crippen molar-refractivity contribution in [2.75, 3.05) is 19.6 Å². The normalized spacial score (nSPS) is 22.2. The molecule has 198 valence electrons. The first-order valence-corrected chi connectivity index (χ1v) is 13.6. The van der Waals surface area contributed by atoms with E-state index in [1.807, 2.05) is 46.4 Å². The monoisotopic (exact) mass is 481 g/mol. The molecule has 2 rings (SSSR count). The van der Waals surface area contributed by atoms with Crippen molar-refractivity contribution >= 4 is 12.2 Å². The first-order chi connectivity index (χ1) is 15.9. The lowest BCUT2D eigenvalue weighted by Crippen LogP contribution is -2.45. The summed E-state index contributed by atoms with van der Waals surface area (Å²) in [4.78, 5) is 26.6. The van der Waals surface area contributed by atoms with E-state index >= 15 is 0 Å². The average Bonchev–Trinajstić information content (AvgIpc) is 2.73. The Morgan fingerprint density at radius 2 is 1.44 bits per heavy atom. The second kappa shape index (κ2) is 13.6. The molecule has 0 aromatic carbocycles. The Hall–Kier alpha value is -1.50. The zero-order valence-corrected chi connectivity index (χ0v) is 22.7. The molecule has 0 aliphatic heterocycles. The van der Waals surface area contributed by atoms with Crippen LogP contribution in [0.4, 0.5) is 9.59 Å². The number of hydrogen-bond acceptors (Lipinski definition) is 5. The SMILES string of the molecule is CC(C)(C)OC(=O)NCCC1CCC(NCCCN(C(=O)OC(C)(C)C)C2CCCCC2)CC1. The van der Waals surface area contributed by atoms with Gasteiger partial charge in [-0.1, -0.05) is 19.3 Å². The van der Waals surface area contributed by atoms with Crippen LogP contribution in [-0.4, -0.2) is 60.0 Å². The van der Waals surface area contributed by atoms with E-state index in [1.54, 1.807) is 0 Å². The zero-order valence-electron chi connectivity index (χ0n) is 22.7. The van der Waals surface area contributed by atoms with Crippen molar-refractivity contribution in [1.29, 1.82) is 0 Å². The highest BCUT2D eigenvalue weighted by Crippen LogP contribution is 2.27. The second-order valence-electron chi connectivity index (χ2n) is 12.2. The van der Waals surface area contributed by atoms with E-state index < -0.39 is 11.2 Å². The molecule has 0 spiro atoms. The van der Waals surface area contributed by atoms with E-state index in [4.69, 9.17) is 9.47 Å². The highest BCUT2D eigenvalue weighted by atomic mass is 16.6. The van der Waals surface area contributed by atoms with Crippen LogP contribution in [0.25, 0.3) is 0 Å². The molecule has 2 N–H and O–H groups in total. The third-order valence-electron chi connectivity index (χ3n) is 6.72. The molecule has 2 aliphatic rings. The van der Waals surface area contributed by atoms with E-state index in [0.29, 0.717) is 24.5 Å². The summed E-state index contributed by atoms with van der Waals surface area (Å²) in [5, 5.41) is 6.60. The summed E-state index contributed by atoms with van der Waals surface area (Å²) in [5.41, 5.74) is -0.905. The number of amides is 2. The molecule has 0 aromatic rings. The van der Waals surface area contributed by atoms with Crippen molar-refractivity contribution in [3.8, 4) is 0 Å². The largest absolute Gasteiger partial charge is 0.444 e. The topological polar surface area (TPSA) is 79.9 Å². The highest BCUT2D eigenvalue weighted by molar-refractivity contribution is 5.68. The first-order valence-electron chi connectivity index (χ1n) is 13.6. The van der Waals surface area contributed by atoms with Crippen molar-refractivity contribution in [2.45, 2.75) is 135 Å². The Morgan fingerprint density at radius 1 is 0.824 bits per heavy atom. The number of carbonyl (C=O) groups excluding carboxylic acids is 2. The Kier molecular flexibility index (Phi) is 11.5. The molecular formula is C27H51N3O4. The van der Waals surface area contributed by atoms with E-state index in [2.05, 4.69) is 10.6 Å². The van der Waals surface area contributed by atoms with Gasteiger partial charge in [0, 0.05) is 25.2 Å². The highest BCUT2D eigenvalue weighted by Gasteiger charge is 2.29. The molecule has 7 nitrogen and oxygen atoms in total. The summed E-state index contributed by atoms with van der Waals surface area (Å²) < 4.78 is 11.0. The molecule has 0 bridgehead atoms. The van der Waals surface area contributed by atoms with Crippen LogP contribution in [0, 0.1) is 5.92 Å². The maximum Gasteiger partial charge on any atom is 0.410 e. The molecule has 0 unspecified atom stereocenters. The van der Waals surface area contributed by atoms with E-state index in [9.17, 15) is 9.59 Å². The van der Waals surface area contributed by atoms with Crippen LogP contribution in [0.15, 0.2) is 0 Å². The second-order valence-corrected chi connectivity index (χ2v) is 12.2. The Morgan fingerprint density at radius 3 is 2.03 bits per heavy atom. The molecule has 0 atom stereocenters. The van der Waals surface area contributed by atoms with Gasteiger partial charge in [-0.2, -0.15) is 0 Å². The smallest absolute Gasteiger partial charge is 0.410 e. The van der Waals surface area contributed by atoms with Crippen molar-refractivity contribution in [3.05, 3.63) is 0 Å². The van der Waals surface area contributed by atoms with Gasteiger partial charge in [-0.25, -0.2) is 9.59 Å². The van der Waals surface area contributed by atoms with Crippen molar-refractivity contribution < 1.29 is 19.1 Å². The van der Waals surface area contributed by atoms with Gasteiger partial charge in [0.2, 0.25) is 0 Å². The molecule has 0 aromatic heterocycles. The molecule has 7 heteroatoms. The fourth-order valence-corrected chi connectivity index (χ4v) is 5.04. The van der Waals surface area contributed by atoms with Gasteiger partial charge in [-0.3, -0.25) is 0 Å². The van der Waals surface area contributed by atoms with E-state index in [0.717, 1.165) is 38.8 Å². The Balaban J connectivity index is 1.64. The van der Waals surface area contributed by atoms with Crippen LogP contribution >= 0.6 is 0 Å². The minimum absolute atomic E-state index is 0.153. The number of hydrogen-bond donors (Lipinski definition) is 2. The average molecular weight is 482 g/mol. The van der Waals surface area contributed by atoms with Gasteiger partial charge in [-0.05, 0) is 105 Å². The summed E-state index contributed by atoms with van der Waals surface area (Å²) in [5.74, 6) is 0.668. The quantitative estimate of drug-likeness (QED) is 0.394. The van der Waals surface area contributed by atoms with Crippen molar-refractivity contribution in [1.82, 2.24) is 15.5 Å². The molecule has 0 saturated heterocycles. The van der Waals surface area contributed by atoms with Gasteiger partial charge in [0.1, 0.15) is 11.2 Å². The lowest BCUT2D eigenvalue weighted by atomic mass is 9.84. The van der Waals surface area contributed by atoms with Gasteiger partial charge >= 0.3 is 12.2 Å². The number of carbonyl (C=O) groups is 2. The van der Waals surface area contributed by atoms with Gasteiger partial charge in [-0.15, -0.1) is 0 Å². The van der Waals surface area contributed by atoms with Crippen LogP contribution < -0.4 is 10.6 Å². The fraction of sp³-hybridized carbons (Fsp3) is 0.926.